The Hall–Kier alpha value is -1.95. The number of hydrogen-bond donors (Lipinski definition) is 3. The molecule has 0 radical (unpaired) electrons. The smallest absolute Gasteiger partial charge is 0.408 e. The first-order chi connectivity index (χ1) is 9.20. The number of hydrogen-bond acceptors (Lipinski definition) is 5. The first-order valence-corrected chi connectivity index (χ1v) is 6.44. The van der Waals surface area contributed by atoms with Crippen molar-refractivity contribution in [1.82, 2.24) is 4.98 Å². The Morgan fingerprint density at radius 1 is 1.42 bits per heavy atom. The second kappa shape index (κ2) is 6.29. The Labute approximate surface area is 110 Å². The quantitative estimate of drug-likeness (QED) is 0.525. The molecule has 0 fully saturated rings. The Morgan fingerprint density at radius 3 is 3.05 bits per heavy atom. The van der Waals surface area contributed by atoms with Gasteiger partial charge in [0.2, 0.25) is 0 Å². The number of oxazole rings is 1. The molecule has 0 unspecified atom stereocenters. The van der Waals surface area contributed by atoms with Gasteiger partial charge in [0, 0.05) is 19.2 Å². The highest BCUT2D eigenvalue weighted by Crippen LogP contribution is 2.23. The molecule has 1 heterocycles. The maximum Gasteiger partial charge on any atom is 0.417 e. The fourth-order valence-electron chi connectivity index (χ4n) is 1.77. The lowest BCUT2D eigenvalue weighted by Gasteiger charge is -2.09. The number of nitrogens with two attached hydrogens (primary N) is 1. The molecule has 4 N–H and O–H groups in total. The number of aromatic nitrogens is 1. The van der Waals surface area contributed by atoms with Crippen molar-refractivity contribution in [2.45, 2.75) is 19.8 Å². The molecule has 0 saturated carbocycles. The number of nitrogen functional groups attached to an aromatic ring is 1. The number of ether oxygens (including phenoxy) is 1. The van der Waals surface area contributed by atoms with Crippen molar-refractivity contribution in [3.8, 4) is 0 Å². The Morgan fingerprint density at radius 2 is 2.26 bits per heavy atom. The molecule has 0 atom stereocenters. The van der Waals surface area contributed by atoms with Crippen molar-refractivity contribution in [1.29, 1.82) is 0 Å². The minimum Gasteiger partial charge on any atom is -0.408 e. The summed E-state index contributed by atoms with van der Waals surface area (Å²) in [6.45, 7) is 4.20. The van der Waals surface area contributed by atoms with Crippen LogP contribution in [0.5, 0.6) is 0 Å². The van der Waals surface area contributed by atoms with E-state index >= 15 is 0 Å². The topological polar surface area (TPSA) is 93.3 Å². The van der Waals surface area contributed by atoms with E-state index in [1.54, 1.807) is 12.1 Å². The fourth-order valence-corrected chi connectivity index (χ4v) is 1.77. The highest BCUT2D eigenvalue weighted by Gasteiger charge is 2.06. The van der Waals surface area contributed by atoms with Crippen LogP contribution in [0, 0.1) is 0 Å². The van der Waals surface area contributed by atoms with Crippen LogP contribution in [0.1, 0.15) is 19.8 Å². The van der Waals surface area contributed by atoms with Gasteiger partial charge < -0.3 is 20.2 Å². The predicted molar refractivity (Wildman–Crippen MR) is 75.5 cm³/mol. The molecule has 0 aliphatic carbocycles. The van der Waals surface area contributed by atoms with Crippen molar-refractivity contribution >= 4 is 22.5 Å². The number of fused-ring (bicyclic) bond motifs is 1. The number of anilines is 2. The molecule has 0 aliphatic rings. The molecule has 1 aromatic heterocycles. The molecule has 0 spiro atoms. The first-order valence-electron chi connectivity index (χ1n) is 6.44. The van der Waals surface area contributed by atoms with Crippen molar-refractivity contribution in [3.05, 3.63) is 22.7 Å². The maximum atomic E-state index is 11.1. The molecule has 2 aromatic rings. The van der Waals surface area contributed by atoms with E-state index in [4.69, 9.17) is 14.9 Å². The van der Waals surface area contributed by atoms with E-state index in [9.17, 15) is 4.79 Å². The zero-order valence-electron chi connectivity index (χ0n) is 11.0. The van der Waals surface area contributed by atoms with Gasteiger partial charge in [0.25, 0.3) is 0 Å². The third-order valence-electron chi connectivity index (χ3n) is 2.80. The molecule has 104 valence electrons. The van der Waals surface area contributed by atoms with E-state index in [-0.39, 0.29) is 0 Å². The largest absolute Gasteiger partial charge is 0.417 e. The number of H-pyrrole nitrogens is 1. The molecule has 1 aromatic carbocycles. The standard InChI is InChI=1S/C13H19N3O3/c1-2-3-5-18-6-4-15-10-8-11-12(7-9(10)14)19-13(17)16-11/h7-8,15H,2-6,14H2,1H3,(H,16,17). The van der Waals surface area contributed by atoms with Crippen molar-refractivity contribution in [3.63, 3.8) is 0 Å². The zero-order chi connectivity index (χ0) is 13.7. The van der Waals surface area contributed by atoms with E-state index < -0.39 is 5.76 Å². The van der Waals surface area contributed by atoms with E-state index in [1.807, 2.05) is 0 Å². The van der Waals surface area contributed by atoms with Crippen molar-refractivity contribution < 1.29 is 9.15 Å². The molecule has 0 saturated heterocycles. The van der Waals surface area contributed by atoms with Gasteiger partial charge in [-0.1, -0.05) is 13.3 Å². The SMILES string of the molecule is CCCCOCCNc1cc2[nH]c(=O)oc2cc1N. The Balaban J connectivity index is 1.92. The lowest BCUT2D eigenvalue weighted by atomic mass is 10.2. The van der Waals surface area contributed by atoms with Crippen LogP contribution in [0.25, 0.3) is 11.1 Å². The van der Waals surface area contributed by atoms with Crippen LogP contribution in [0.3, 0.4) is 0 Å². The van der Waals surface area contributed by atoms with Gasteiger partial charge in [0.05, 0.1) is 23.5 Å². The summed E-state index contributed by atoms with van der Waals surface area (Å²) in [5.74, 6) is -0.477. The highest BCUT2D eigenvalue weighted by atomic mass is 16.5. The summed E-state index contributed by atoms with van der Waals surface area (Å²) >= 11 is 0. The molecular formula is C13H19N3O3. The average molecular weight is 265 g/mol. The summed E-state index contributed by atoms with van der Waals surface area (Å²) in [4.78, 5) is 13.7. The van der Waals surface area contributed by atoms with Gasteiger partial charge in [-0.25, -0.2) is 4.79 Å². The number of unbranched alkanes of at least 4 members (excludes halogenated alkanes) is 1. The van der Waals surface area contributed by atoms with Crippen LogP contribution in [0.4, 0.5) is 11.4 Å². The van der Waals surface area contributed by atoms with Gasteiger partial charge in [0.15, 0.2) is 5.58 Å². The summed E-state index contributed by atoms with van der Waals surface area (Å²) in [5.41, 5.74) is 8.29. The van der Waals surface area contributed by atoms with E-state index in [0.29, 0.717) is 29.9 Å². The lowest BCUT2D eigenvalue weighted by molar-refractivity contribution is 0.141. The Kier molecular flexibility index (Phi) is 4.46. The molecule has 6 heteroatoms. The summed E-state index contributed by atoms with van der Waals surface area (Å²) in [5, 5.41) is 3.18. The monoisotopic (exact) mass is 265 g/mol. The van der Waals surface area contributed by atoms with Gasteiger partial charge in [0.1, 0.15) is 0 Å². The maximum absolute atomic E-state index is 11.1. The van der Waals surface area contributed by atoms with Gasteiger partial charge in [-0.2, -0.15) is 0 Å². The zero-order valence-corrected chi connectivity index (χ0v) is 11.0. The molecule has 19 heavy (non-hydrogen) atoms. The van der Waals surface area contributed by atoms with E-state index in [0.717, 1.165) is 25.1 Å². The molecular weight excluding hydrogens is 246 g/mol. The number of nitrogens with one attached hydrogen (secondary N) is 2. The minimum absolute atomic E-state index is 0.465. The summed E-state index contributed by atoms with van der Waals surface area (Å²) in [6.07, 6.45) is 2.20. The Bertz CT molecular complexity index is 588. The molecule has 0 aliphatic heterocycles. The molecule has 0 amide bonds. The van der Waals surface area contributed by atoms with Crippen LogP contribution < -0.4 is 16.8 Å². The minimum atomic E-state index is -0.477. The van der Waals surface area contributed by atoms with Crippen molar-refractivity contribution in [2.24, 2.45) is 0 Å². The van der Waals surface area contributed by atoms with Gasteiger partial charge >= 0.3 is 5.76 Å². The van der Waals surface area contributed by atoms with Crippen molar-refractivity contribution in [2.75, 3.05) is 30.8 Å². The van der Waals surface area contributed by atoms with Gasteiger partial charge in [-0.05, 0) is 12.5 Å². The summed E-state index contributed by atoms with van der Waals surface area (Å²) < 4.78 is 10.4. The summed E-state index contributed by atoms with van der Waals surface area (Å²) in [7, 11) is 0. The lowest BCUT2D eigenvalue weighted by Crippen LogP contribution is -2.11. The van der Waals surface area contributed by atoms with Crippen LogP contribution >= 0.6 is 0 Å². The van der Waals surface area contributed by atoms with E-state index in [1.165, 1.54) is 0 Å². The molecule has 2 rings (SSSR count). The molecule has 0 bridgehead atoms. The van der Waals surface area contributed by atoms with Gasteiger partial charge in [-0.3, -0.25) is 4.98 Å². The number of aromatic amines is 1. The normalized spacial score (nSPS) is 11.0. The fraction of sp³-hybridized carbons (Fsp3) is 0.462. The predicted octanol–water partition coefficient (Wildman–Crippen LogP) is 1.93. The van der Waals surface area contributed by atoms with E-state index in [2.05, 4.69) is 17.2 Å². The first kappa shape index (κ1) is 13.5. The summed E-state index contributed by atoms with van der Waals surface area (Å²) in [6, 6.07) is 3.40. The third-order valence-corrected chi connectivity index (χ3v) is 2.80. The second-order valence-electron chi connectivity index (χ2n) is 4.34. The van der Waals surface area contributed by atoms with Crippen LogP contribution in [-0.4, -0.2) is 24.7 Å². The van der Waals surface area contributed by atoms with Crippen LogP contribution in [0.2, 0.25) is 0 Å². The average Bonchev–Trinajstić information content (AvgIpc) is 2.72. The number of benzene rings is 1. The molecule has 6 nitrogen and oxygen atoms in total. The van der Waals surface area contributed by atoms with Crippen LogP contribution in [-0.2, 0) is 4.74 Å². The third kappa shape index (κ3) is 3.51. The number of rotatable bonds is 7. The van der Waals surface area contributed by atoms with Gasteiger partial charge in [-0.15, -0.1) is 0 Å². The highest BCUT2D eigenvalue weighted by molar-refractivity contribution is 5.85. The second-order valence-corrected chi connectivity index (χ2v) is 4.34. The van der Waals surface area contributed by atoms with Crippen LogP contribution in [0.15, 0.2) is 21.3 Å².